The minimum Gasteiger partial charge on any atom is -0.491 e. The molecule has 30 heavy (non-hydrogen) atoms. The van der Waals surface area contributed by atoms with E-state index in [0.717, 1.165) is 28.0 Å². The molecule has 0 bridgehead atoms. The third-order valence-electron chi connectivity index (χ3n) is 5.13. The van der Waals surface area contributed by atoms with Gasteiger partial charge in [0.05, 0.1) is 17.1 Å². The van der Waals surface area contributed by atoms with Crippen LogP contribution >= 0.6 is 0 Å². The lowest BCUT2D eigenvalue weighted by molar-refractivity contribution is 0.242. The van der Waals surface area contributed by atoms with Gasteiger partial charge in [-0.2, -0.15) is 0 Å². The monoisotopic (exact) mass is 396 g/mol. The Kier molecular flexibility index (Phi) is 5.71. The number of hydrogen-bond acceptors (Lipinski definition) is 2. The van der Waals surface area contributed by atoms with Crippen LogP contribution < -0.4 is 4.74 Å². The average molecular weight is 397 g/mol. The molecule has 3 nitrogen and oxygen atoms in total. The molecule has 0 spiro atoms. The number of aromatic nitrogens is 2. The number of fused-ring (bicyclic) bond motifs is 1. The first-order chi connectivity index (χ1) is 14.5. The van der Waals surface area contributed by atoms with Gasteiger partial charge in [-0.1, -0.05) is 56.3 Å². The third-order valence-corrected chi connectivity index (χ3v) is 5.13. The van der Waals surface area contributed by atoms with E-state index in [2.05, 4.69) is 90.1 Å². The van der Waals surface area contributed by atoms with Gasteiger partial charge in [-0.3, -0.25) is 4.57 Å². The molecule has 0 saturated heterocycles. The lowest BCUT2D eigenvalue weighted by atomic mass is 10.0. The first-order valence-electron chi connectivity index (χ1n) is 10.5. The van der Waals surface area contributed by atoms with Crippen molar-refractivity contribution >= 4 is 23.2 Å². The Morgan fingerprint density at radius 1 is 0.800 bits per heavy atom. The molecule has 0 fully saturated rings. The van der Waals surface area contributed by atoms with Crippen LogP contribution in [-0.2, 0) is 0 Å². The minimum atomic E-state index is 0.171. The number of rotatable bonds is 6. The Balaban J connectivity index is 1.54. The molecule has 0 aliphatic rings. The lowest BCUT2D eigenvalue weighted by Crippen LogP contribution is -2.05. The normalized spacial score (nSPS) is 11.8. The second kappa shape index (κ2) is 8.58. The van der Waals surface area contributed by atoms with Crippen molar-refractivity contribution in [3.05, 3.63) is 89.7 Å². The van der Waals surface area contributed by atoms with Crippen molar-refractivity contribution in [3.63, 3.8) is 0 Å². The zero-order valence-electron chi connectivity index (χ0n) is 18.0. The lowest BCUT2D eigenvalue weighted by Gasteiger charge is -2.10. The van der Waals surface area contributed by atoms with E-state index in [1.165, 1.54) is 11.1 Å². The molecule has 152 valence electrons. The van der Waals surface area contributed by atoms with Crippen molar-refractivity contribution in [2.75, 3.05) is 0 Å². The van der Waals surface area contributed by atoms with Crippen LogP contribution in [0.15, 0.2) is 73.1 Å². The number of benzene rings is 3. The van der Waals surface area contributed by atoms with Gasteiger partial charge >= 0.3 is 0 Å². The number of hydrogen-bond donors (Lipinski definition) is 0. The summed E-state index contributed by atoms with van der Waals surface area (Å²) in [6.45, 7) is 8.49. The summed E-state index contributed by atoms with van der Waals surface area (Å²) in [5, 5.41) is 0. The van der Waals surface area contributed by atoms with E-state index in [0.29, 0.717) is 5.92 Å². The van der Waals surface area contributed by atoms with E-state index < -0.39 is 0 Å². The molecule has 0 unspecified atom stereocenters. The van der Waals surface area contributed by atoms with Crippen LogP contribution in [0.1, 0.15) is 50.3 Å². The predicted octanol–water partition coefficient (Wildman–Crippen LogP) is 7.11. The Labute approximate surface area is 178 Å². The smallest absolute Gasteiger partial charge is 0.119 e. The quantitative estimate of drug-likeness (QED) is 0.325. The highest BCUT2D eigenvalue weighted by atomic mass is 16.5. The maximum Gasteiger partial charge on any atom is 0.119 e. The first kappa shape index (κ1) is 20.0. The molecule has 0 aliphatic carbocycles. The van der Waals surface area contributed by atoms with Crippen LogP contribution in [0.5, 0.6) is 5.75 Å². The summed E-state index contributed by atoms with van der Waals surface area (Å²) in [4.78, 5) is 4.61. The summed E-state index contributed by atoms with van der Waals surface area (Å²) in [5.74, 6) is 1.44. The molecule has 3 aromatic carbocycles. The second-order valence-corrected chi connectivity index (χ2v) is 8.18. The molecule has 4 aromatic rings. The standard InChI is InChI=1S/C27H28N2O/c1-19(2)23-10-7-21(8-11-23)5-6-22-9-16-27-26(17-22)28-18-29(27)24-12-14-25(15-13-24)30-20(3)4/h5-20H,1-4H3/b6-5-. The van der Waals surface area contributed by atoms with E-state index >= 15 is 0 Å². The maximum absolute atomic E-state index is 5.74. The molecule has 0 aliphatic heterocycles. The van der Waals surface area contributed by atoms with E-state index in [1.54, 1.807) is 0 Å². The summed E-state index contributed by atoms with van der Waals surface area (Å²) < 4.78 is 7.84. The summed E-state index contributed by atoms with van der Waals surface area (Å²) in [7, 11) is 0. The van der Waals surface area contributed by atoms with Gasteiger partial charge in [-0.25, -0.2) is 4.98 Å². The topological polar surface area (TPSA) is 27.1 Å². The molecular formula is C27H28N2O. The third kappa shape index (κ3) is 4.46. The molecule has 4 rings (SSSR count). The summed E-state index contributed by atoms with van der Waals surface area (Å²) in [5.41, 5.74) is 6.85. The molecule has 1 heterocycles. The highest BCUT2D eigenvalue weighted by Crippen LogP contribution is 2.23. The molecular weight excluding hydrogens is 368 g/mol. The number of ether oxygens (including phenoxy) is 1. The van der Waals surface area contributed by atoms with Crippen LogP contribution in [0.2, 0.25) is 0 Å². The van der Waals surface area contributed by atoms with Crippen LogP contribution in [0, 0.1) is 0 Å². The molecule has 1 aromatic heterocycles. The highest BCUT2D eigenvalue weighted by molar-refractivity contribution is 5.82. The SMILES string of the molecule is CC(C)Oc1ccc(-n2cnc3cc(/C=C\c4ccc(C(C)C)cc4)ccc32)cc1. The zero-order valence-corrected chi connectivity index (χ0v) is 18.0. The van der Waals surface area contributed by atoms with E-state index in [-0.39, 0.29) is 6.10 Å². The largest absolute Gasteiger partial charge is 0.491 e. The van der Waals surface area contributed by atoms with Gasteiger partial charge in [-0.05, 0) is 72.9 Å². The van der Waals surface area contributed by atoms with Crippen molar-refractivity contribution in [2.24, 2.45) is 0 Å². The van der Waals surface area contributed by atoms with Gasteiger partial charge in [0, 0.05) is 5.69 Å². The van der Waals surface area contributed by atoms with Gasteiger partial charge in [0.2, 0.25) is 0 Å². The number of imidazole rings is 1. The Hall–Kier alpha value is -3.33. The first-order valence-corrected chi connectivity index (χ1v) is 10.5. The van der Waals surface area contributed by atoms with Gasteiger partial charge in [0.15, 0.2) is 0 Å². The van der Waals surface area contributed by atoms with Crippen LogP contribution in [0.3, 0.4) is 0 Å². The average Bonchev–Trinajstić information content (AvgIpc) is 3.16. The Bertz CT molecular complexity index is 1150. The van der Waals surface area contributed by atoms with E-state index in [4.69, 9.17) is 4.74 Å². The Morgan fingerprint density at radius 2 is 1.47 bits per heavy atom. The zero-order chi connectivity index (χ0) is 21.1. The predicted molar refractivity (Wildman–Crippen MR) is 126 cm³/mol. The maximum atomic E-state index is 5.74. The summed E-state index contributed by atoms with van der Waals surface area (Å²) >= 11 is 0. The molecule has 0 amide bonds. The minimum absolute atomic E-state index is 0.171. The van der Waals surface area contributed by atoms with Crippen LogP contribution in [0.25, 0.3) is 28.9 Å². The molecule has 0 atom stereocenters. The summed E-state index contributed by atoms with van der Waals surface area (Å²) in [6, 6.07) is 23.3. The number of nitrogens with zero attached hydrogens (tertiary/aromatic N) is 2. The molecule has 3 heteroatoms. The van der Waals surface area contributed by atoms with Gasteiger partial charge in [0.1, 0.15) is 12.1 Å². The Morgan fingerprint density at radius 3 is 2.13 bits per heavy atom. The van der Waals surface area contributed by atoms with E-state index in [9.17, 15) is 0 Å². The molecule has 0 radical (unpaired) electrons. The van der Waals surface area contributed by atoms with Gasteiger partial charge in [-0.15, -0.1) is 0 Å². The fourth-order valence-electron chi connectivity index (χ4n) is 3.48. The highest BCUT2D eigenvalue weighted by Gasteiger charge is 2.06. The fourth-order valence-corrected chi connectivity index (χ4v) is 3.48. The molecule has 0 saturated carbocycles. The van der Waals surface area contributed by atoms with Crippen molar-refractivity contribution in [3.8, 4) is 11.4 Å². The van der Waals surface area contributed by atoms with Gasteiger partial charge in [0.25, 0.3) is 0 Å². The van der Waals surface area contributed by atoms with E-state index in [1.807, 2.05) is 32.3 Å². The summed E-state index contributed by atoms with van der Waals surface area (Å²) in [6.07, 6.45) is 6.34. The molecule has 0 N–H and O–H groups in total. The van der Waals surface area contributed by atoms with Crippen LogP contribution in [-0.4, -0.2) is 15.7 Å². The van der Waals surface area contributed by atoms with Crippen molar-refractivity contribution in [2.45, 2.75) is 39.7 Å². The van der Waals surface area contributed by atoms with Crippen molar-refractivity contribution in [1.82, 2.24) is 9.55 Å². The fraction of sp³-hybridized carbons (Fsp3) is 0.222. The van der Waals surface area contributed by atoms with Crippen LogP contribution in [0.4, 0.5) is 0 Å². The second-order valence-electron chi connectivity index (χ2n) is 8.18. The van der Waals surface area contributed by atoms with Crippen molar-refractivity contribution < 1.29 is 4.74 Å². The van der Waals surface area contributed by atoms with Crippen molar-refractivity contribution in [1.29, 1.82) is 0 Å². The van der Waals surface area contributed by atoms with Gasteiger partial charge < -0.3 is 4.74 Å².